The van der Waals surface area contributed by atoms with Crippen molar-refractivity contribution < 1.29 is 0 Å². The fourth-order valence-corrected chi connectivity index (χ4v) is 3.89. The SMILES string of the molecule is CC1CCSC(=NC2CCCc3ccccc32)N1. The van der Waals surface area contributed by atoms with E-state index in [9.17, 15) is 0 Å². The first kappa shape index (κ1) is 12.1. The van der Waals surface area contributed by atoms with Gasteiger partial charge in [0.25, 0.3) is 0 Å². The van der Waals surface area contributed by atoms with Crippen molar-refractivity contribution in [2.45, 2.75) is 44.7 Å². The summed E-state index contributed by atoms with van der Waals surface area (Å²) in [6, 6.07) is 9.73. The first-order chi connectivity index (χ1) is 8.83. The molecule has 1 heterocycles. The third-order valence-corrected chi connectivity index (χ3v) is 4.71. The topological polar surface area (TPSA) is 24.4 Å². The van der Waals surface area contributed by atoms with Crippen molar-refractivity contribution in [1.82, 2.24) is 5.32 Å². The largest absolute Gasteiger partial charge is 0.362 e. The molecule has 1 aliphatic heterocycles. The zero-order valence-corrected chi connectivity index (χ0v) is 11.7. The van der Waals surface area contributed by atoms with Gasteiger partial charge in [0.15, 0.2) is 5.17 Å². The number of aryl methyl sites for hydroxylation is 1. The highest BCUT2D eigenvalue weighted by atomic mass is 32.2. The summed E-state index contributed by atoms with van der Waals surface area (Å²) in [5.41, 5.74) is 2.93. The lowest BCUT2D eigenvalue weighted by Gasteiger charge is -2.26. The average molecular weight is 260 g/mol. The van der Waals surface area contributed by atoms with Gasteiger partial charge < -0.3 is 5.32 Å². The molecule has 1 aromatic carbocycles. The molecule has 1 aromatic rings. The predicted molar refractivity (Wildman–Crippen MR) is 79.2 cm³/mol. The van der Waals surface area contributed by atoms with E-state index in [1.54, 1.807) is 0 Å². The Bertz CT molecular complexity index is 456. The van der Waals surface area contributed by atoms with Crippen LogP contribution in [0.4, 0.5) is 0 Å². The quantitative estimate of drug-likeness (QED) is 0.835. The van der Waals surface area contributed by atoms with Gasteiger partial charge in [-0.1, -0.05) is 36.0 Å². The zero-order chi connectivity index (χ0) is 12.4. The maximum Gasteiger partial charge on any atom is 0.157 e. The van der Waals surface area contributed by atoms with Crippen molar-refractivity contribution in [3.05, 3.63) is 35.4 Å². The van der Waals surface area contributed by atoms with Crippen LogP contribution in [0.2, 0.25) is 0 Å². The molecule has 2 unspecified atom stereocenters. The molecule has 0 aromatic heterocycles. The van der Waals surface area contributed by atoms with Gasteiger partial charge in [0.2, 0.25) is 0 Å². The van der Waals surface area contributed by atoms with Gasteiger partial charge >= 0.3 is 0 Å². The number of hydrogen-bond acceptors (Lipinski definition) is 2. The Labute approximate surface area is 113 Å². The molecule has 1 N–H and O–H groups in total. The number of thioether (sulfide) groups is 1. The van der Waals surface area contributed by atoms with Gasteiger partial charge in [-0.25, -0.2) is 0 Å². The second kappa shape index (κ2) is 5.35. The molecule has 2 aliphatic rings. The molecule has 18 heavy (non-hydrogen) atoms. The van der Waals surface area contributed by atoms with E-state index in [0.717, 1.165) is 5.17 Å². The van der Waals surface area contributed by atoms with Crippen molar-refractivity contribution >= 4 is 16.9 Å². The highest BCUT2D eigenvalue weighted by Crippen LogP contribution is 2.33. The number of fused-ring (bicyclic) bond motifs is 1. The Kier molecular flexibility index (Phi) is 3.59. The molecular formula is C15H20N2S. The molecule has 0 saturated carbocycles. The van der Waals surface area contributed by atoms with E-state index >= 15 is 0 Å². The van der Waals surface area contributed by atoms with Crippen molar-refractivity contribution in [3.8, 4) is 0 Å². The van der Waals surface area contributed by atoms with E-state index < -0.39 is 0 Å². The van der Waals surface area contributed by atoms with Crippen molar-refractivity contribution in [2.75, 3.05) is 5.75 Å². The Morgan fingerprint density at radius 1 is 1.28 bits per heavy atom. The summed E-state index contributed by atoms with van der Waals surface area (Å²) < 4.78 is 0. The van der Waals surface area contributed by atoms with Gasteiger partial charge in [0.1, 0.15) is 0 Å². The number of nitrogens with zero attached hydrogens (tertiary/aromatic N) is 1. The lowest BCUT2D eigenvalue weighted by atomic mass is 9.88. The number of amidine groups is 1. The first-order valence-electron chi connectivity index (χ1n) is 6.88. The van der Waals surface area contributed by atoms with E-state index in [1.165, 1.54) is 42.6 Å². The third-order valence-electron chi connectivity index (χ3n) is 3.77. The van der Waals surface area contributed by atoms with E-state index in [0.29, 0.717) is 12.1 Å². The van der Waals surface area contributed by atoms with Crippen LogP contribution in [0.1, 0.15) is 43.4 Å². The summed E-state index contributed by atoms with van der Waals surface area (Å²) in [5, 5.41) is 4.66. The molecule has 0 radical (unpaired) electrons. The highest BCUT2D eigenvalue weighted by molar-refractivity contribution is 8.13. The van der Waals surface area contributed by atoms with Gasteiger partial charge in [-0.05, 0) is 43.7 Å². The van der Waals surface area contributed by atoms with Crippen LogP contribution in [0.5, 0.6) is 0 Å². The number of nitrogens with one attached hydrogen (secondary N) is 1. The molecule has 2 nitrogen and oxygen atoms in total. The van der Waals surface area contributed by atoms with Crippen molar-refractivity contribution in [2.24, 2.45) is 4.99 Å². The fourth-order valence-electron chi connectivity index (χ4n) is 2.74. The van der Waals surface area contributed by atoms with Crippen LogP contribution in [0.25, 0.3) is 0 Å². The van der Waals surface area contributed by atoms with Crippen LogP contribution in [0, 0.1) is 0 Å². The van der Waals surface area contributed by atoms with E-state index in [4.69, 9.17) is 4.99 Å². The van der Waals surface area contributed by atoms with Gasteiger partial charge in [-0.3, -0.25) is 4.99 Å². The maximum absolute atomic E-state index is 4.96. The van der Waals surface area contributed by atoms with Crippen molar-refractivity contribution in [1.29, 1.82) is 0 Å². The number of aliphatic imine (C=N–C) groups is 1. The van der Waals surface area contributed by atoms with Crippen molar-refractivity contribution in [3.63, 3.8) is 0 Å². The molecule has 0 bridgehead atoms. The predicted octanol–water partition coefficient (Wildman–Crippen LogP) is 3.54. The monoisotopic (exact) mass is 260 g/mol. The minimum Gasteiger partial charge on any atom is -0.362 e. The molecule has 0 amide bonds. The Morgan fingerprint density at radius 3 is 3.06 bits per heavy atom. The standard InChI is InChI=1S/C15H20N2S/c1-11-9-10-18-15(16-11)17-14-8-4-6-12-5-2-3-7-13(12)14/h2-3,5,7,11,14H,4,6,8-10H2,1H3,(H,16,17). The molecular weight excluding hydrogens is 240 g/mol. The van der Waals surface area contributed by atoms with Gasteiger partial charge in [-0.15, -0.1) is 0 Å². The Balaban J connectivity index is 1.83. The average Bonchev–Trinajstić information content (AvgIpc) is 2.39. The van der Waals surface area contributed by atoms with Gasteiger partial charge in [0.05, 0.1) is 6.04 Å². The van der Waals surface area contributed by atoms with Crippen LogP contribution in [0.3, 0.4) is 0 Å². The van der Waals surface area contributed by atoms with Crippen LogP contribution in [-0.2, 0) is 6.42 Å². The highest BCUT2D eigenvalue weighted by Gasteiger charge is 2.21. The third kappa shape index (κ3) is 2.56. The van der Waals surface area contributed by atoms with Crippen LogP contribution in [0.15, 0.2) is 29.3 Å². The van der Waals surface area contributed by atoms with E-state index in [-0.39, 0.29) is 0 Å². The molecule has 2 atom stereocenters. The van der Waals surface area contributed by atoms with E-state index in [2.05, 4.69) is 36.5 Å². The smallest absolute Gasteiger partial charge is 0.157 e. The molecule has 1 fully saturated rings. The fraction of sp³-hybridized carbons (Fsp3) is 0.533. The normalized spacial score (nSPS) is 29.7. The summed E-state index contributed by atoms with van der Waals surface area (Å²) in [4.78, 5) is 4.96. The Hall–Kier alpha value is -0.960. The van der Waals surface area contributed by atoms with E-state index in [1.807, 2.05) is 11.8 Å². The number of hydrogen-bond donors (Lipinski definition) is 1. The second-order valence-electron chi connectivity index (χ2n) is 5.22. The second-order valence-corrected chi connectivity index (χ2v) is 6.31. The first-order valence-corrected chi connectivity index (χ1v) is 7.86. The van der Waals surface area contributed by atoms with Crippen LogP contribution < -0.4 is 5.32 Å². The molecule has 1 saturated heterocycles. The Morgan fingerprint density at radius 2 is 2.17 bits per heavy atom. The summed E-state index contributed by atoms with van der Waals surface area (Å²) >= 11 is 1.87. The van der Waals surface area contributed by atoms with Gasteiger partial charge in [0, 0.05) is 11.8 Å². The molecule has 3 rings (SSSR count). The zero-order valence-electron chi connectivity index (χ0n) is 10.9. The number of rotatable bonds is 1. The molecule has 3 heteroatoms. The molecule has 0 spiro atoms. The summed E-state index contributed by atoms with van der Waals surface area (Å²) in [6.45, 7) is 2.24. The van der Waals surface area contributed by atoms with Crippen LogP contribution in [-0.4, -0.2) is 17.0 Å². The lowest BCUT2D eigenvalue weighted by Crippen LogP contribution is -2.35. The summed E-state index contributed by atoms with van der Waals surface area (Å²) in [5.74, 6) is 1.20. The minimum absolute atomic E-state index is 0.371. The van der Waals surface area contributed by atoms with Gasteiger partial charge in [-0.2, -0.15) is 0 Å². The summed E-state index contributed by atoms with van der Waals surface area (Å²) in [6.07, 6.45) is 4.91. The minimum atomic E-state index is 0.371. The molecule has 96 valence electrons. The number of benzene rings is 1. The molecule has 1 aliphatic carbocycles. The van der Waals surface area contributed by atoms with Crippen LogP contribution >= 0.6 is 11.8 Å². The maximum atomic E-state index is 4.96. The lowest BCUT2D eigenvalue weighted by molar-refractivity contribution is 0.566. The summed E-state index contributed by atoms with van der Waals surface area (Å²) in [7, 11) is 0.